The van der Waals surface area contributed by atoms with Gasteiger partial charge in [0.25, 0.3) is 11.8 Å². The van der Waals surface area contributed by atoms with E-state index in [1.807, 2.05) is 6.07 Å². The Labute approximate surface area is 367 Å². The number of imide groups is 1. The van der Waals surface area contributed by atoms with Crippen LogP contribution in [-0.4, -0.2) is 25.0 Å². The molecule has 6 rings (SSSR count). The molecule has 1 aliphatic rings. The number of nitrogens with zero attached hydrogens (tertiary/aromatic N) is 1. The molecule has 0 spiro atoms. The van der Waals surface area contributed by atoms with E-state index in [-0.39, 0.29) is 21.4 Å². The molecule has 3 aromatic heterocycles. The van der Waals surface area contributed by atoms with Crippen molar-refractivity contribution in [1.82, 2.24) is 0 Å². The molecule has 61 heavy (non-hydrogen) atoms. The number of carbonyl (C=O) groups excluding carboxylic acids is 2. The van der Waals surface area contributed by atoms with E-state index in [1.165, 1.54) is 27.6 Å². The molecule has 0 radical (unpaired) electrons. The van der Waals surface area contributed by atoms with Crippen LogP contribution >= 0.6 is 34.0 Å². The molecule has 2 atom stereocenters. The summed E-state index contributed by atoms with van der Waals surface area (Å²) in [5.41, 5.74) is -3.03. The number of unbranched alkanes of at least 4 members (excludes halogenated alkanes) is 2. The number of benzene rings is 2. The van der Waals surface area contributed by atoms with Gasteiger partial charge in [0.15, 0.2) is 23.3 Å². The van der Waals surface area contributed by atoms with Crippen LogP contribution in [0.3, 0.4) is 0 Å². The standard InChI is InChI=1S/C48H56F5NO4S3/c1-11-17-19-25(13-3)23-57-39-27-21-29(59-41(27)40(58-24-26(14-4)20-18-12-2)28-22-30(60-42(28)39)47(7,8)15-5)43-31-32(44(61-43)48(9,10)16-6)46(56)54(45(31)55)38-36(52)34(50)33(49)35(51)37(38)53/h16,21-22,25-26H,6,11-15,17-20,23-24H2,1-5,7-10H3. The fourth-order valence-corrected chi connectivity index (χ4v) is 11.7. The van der Waals surface area contributed by atoms with Crippen LogP contribution in [0.2, 0.25) is 0 Å². The van der Waals surface area contributed by atoms with Crippen molar-refractivity contribution >= 4 is 71.7 Å². The molecule has 5 aromatic rings. The van der Waals surface area contributed by atoms with Crippen LogP contribution in [0.15, 0.2) is 24.8 Å². The van der Waals surface area contributed by atoms with Crippen LogP contribution in [0.25, 0.3) is 29.9 Å². The molecular weight excluding hydrogens is 846 g/mol. The van der Waals surface area contributed by atoms with Gasteiger partial charge in [0, 0.05) is 30.8 Å². The average Bonchev–Trinajstić information content (AvgIpc) is 4.04. The van der Waals surface area contributed by atoms with Crippen LogP contribution < -0.4 is 14.4 Å². The highest BCUT2D eigenvalue weighted by atomic mass is 32.1. The quantitative estimate of drug-likeness (QED) is 0.0257. The van der Waals surface area contributed by atoms with Gasteiger partial charge in [-0.2, -0.15) is 0 Å². The van der Waals surface area contributed by atoms with Gasteiger partial charge in [0.2, 0.25) is 5.82 Å². The van der Waals surface area contributed by atoms with Gasteiger partial charge in [0.1, 0.15) is 17.2 Å². The molecule has 0 saturated carbocycles. The summed E-state index contributed by atoms with van der Waals surface area (Å²) in [7, 11) is 0. The van der Waals surface area contributed by atoms with Gasteiger partial charge in [-0.3, -0.25) is 9.59 Å². The number of hydrogen-bond acceptors (Lipinski definition) is 7. The Morgan fingerprint density at radius 2 is 1.20 bits per heavy atom. The second-order valence-electron chi connectivity index (χ2n) is 17.4. The van der Waals surface area contributed by atoms with E-state index in [9.17, 15) is 22.8 Å². The summed E-state index contributed by atoms with van der Waals surface area (Å²) >= 11 is 4.21. The Morgan fingerprint density at radius 1 is 0.705 bits per heavy atom. The third-order valence-electron chi connectivity index (χ3n) is 12.4. The lowest BCUT2D eigenvalue weighted by Crippen LogP contribution is -2.33. The van der Waals surface area contributed by atoms with E-state index in [4.69, 9.17) is 9.47 Å². The molecule has 4 heterocycles. The highest BCUT2D eigenvalue weighted by molar-refractivity contribution is 7.27. The molecule has 2 unspecified atom stereocenters. The summed E-state index contributed by atoms with van der Waals surface area (Å²) in [4.78, 5) is 31.2. The first-order chi connectivity index (χ1) is 28.9. The minimum absolute atomic E-state index is 0.0750. The van der Waals surface area contributed by atoms with Crippen molar-refractivity contribution in [3.63, 3.8) is 0 Å². The monoisotopic (exact) mass is 901 g/mol. The van der Waals surface area contributed by atoms with Crippen LogP contribution in [0.5, 0.6) is 11.5 Å². The van der Waals surface area contributed by atoms with Gasteiger partial charge in [-0.25, -0.2) is 26.9 Å². The summed E-state index contributed by atoms with van der Waals surface area (Å²) in [6.07, 6.45) is 10.7. The molecule has 0 N–H and O–H groups in total. The molecule has 5 nitrogen and oxygen atoms in total. The lowest BCUT2D eigenvalue weighted by atomic mass is 9.88. The number of amides is 2. The number of fused-ring (bicyclic) bond motifs is 3. The zero-order valence-electron chi connectivity index (χ0n) is 36.6. The molecule has 2 amide bonds. The van der Waals surface area contributed by atoms with Crippen molar-refractivity contribution < 1.29 is 41.0 Å². The number of anilines is 1. The Hall–Kier alpha value is -3.81. The average molecular weight is 902 g/mol. The van der Waals surface area contributed by atoms with Gasteiger partial charge in [0.05, 0.1) is 38.6 Å². The van der Waals surface area contributed by atoms with Crippen molar-refractivity contribution in [2.24, 2.45) is 11.8 Å². The molecule has 2 aromatic carbocycles. The maximum absolute atomic E-state index is 15.4. The Kier molecular flexibility index (Phi) is 14.2. The molecule has 0 fully saturated rings. The zero-order valence-corrected chi connectivity index (χ0v) is 39.0. The van der Waals surface area contributed by atoms with Crippen molar-refractivity contribution in [1.29, 1.82) is 0 Å². The summed E-state index contributed by atoms with van der Waals surface area (Å²) < 4.78 is 89.6. The minimum Gasteiger partial charge on any atom is -0.491 e. The number of halogens is 5. The van der Waals surface area contributed by atoms with Gasteiger partial charge in [-0.1, -0.05) is 107 Å². The second-order valence-corrected chi connectivity index (χ2v) is 20.5. The fourth-order valence-electron chi connectivity index (χ4n) is 7.67. The number of rotatable bonds is 20. The predicted octanol–water partition coefficient (Wildman–Crippen LogP) is 15.7. The zero-order chi connectivity index (χ0) is 44.7. The number of thiophene rings is 3. The molecule has 0 saturated heterocycles. The Morgan fingerprint density at radius 3 is 1.69 bits per heavy atom. The maximum atomic E-state index is 15.4. The number of allylic oxidation sites excluding steroid dienone is 1. The highest BCUT2D eigenvalue weighted by Gasteiger charge is 2.48. The summed E-state index contributed by atoms with van der Waals surface area (Å²) in [6.45, 7) is 23.7. The van der Waals surface area contributed by atoms with E-state index < -0.39 is 52.0 Å². The summed E-state index contributed by atoms with van der Waals surface area (Å²) in [5.74, 6) is -11.8. The largest absolute Gasteiger partial charge is 0.491 e. The first-order valence-corrected chi connectivity index (χ1v) is 23.9. The van der Waals surface area contributed by atoms with Gasteiger partial charge in [-0.05, 0) is 48.6 Å². The first-order valence-electron chi connectivity index (χ1n) is 21.4. The van der Waals surface area contributed by atoms with E-state index in [0.29, 0.717) is 51.2 Å². The highest BCUT2D eigenvalue weighted by Crippen LogP contribution is 2.56. The molecular formula is C48H56F5NO4S3. The maximum Gasteiger partial charge on any atom is 0.267 e. The Bertz CT molecular complexity index is 2380. The summed E-state index contributed by atoms with van der Waals surface area (Å²) in [6, 6.07) is 4.13. The first kappa shape index (κ1) is 46.7. The number of ether oxygens (including phenoxy) is 2. The van der Waals surface area contributed by atoms with Crippen molar-refractivity contribution in [2.45, 2.75) is 131 Å². The molecule has 13 heteroatoms. The van der Waals surface area contributed by atoms with Crippen LogP contribution in [0, 0.1) is 40.9 Å². The second kappa shape index (κ2) is 18.5. The lowest BCUT2D eigenvalue weighted by Gasteiger charge is -2.21. The van der Waals surface area contributed by atoms with Crippen LogP contribution in [0.1, 0.15) is 151 Å². The van der Waals surface area contributed by atoms with Crippen LogP contribution in [-0.2, 0) is 10.8 Å². The summed E-state index contributed by atoms with van der Waals surface area (Å²) in [5, 5.41) is 1.69. The van der Waals surface area contributed by atoms with E-state index in [1.54, 1.807) is 31.3 Å². The van der Waals surface area contributed by atoms with Crippen LogP contribution in [0.4, 0.5) is 27.6 Å². The smallest absolute Gasteiger partial charge is 0.267 e. The normalized spacial score (nSPS) is 14.4. The minimum atomic E-state index is -2.39. The lowest BCUT2D eigenvalue weighted by molar-refractivity contribution is 0.0922. The van der Waals surface area contributed by atoms with Gasteiger partial charge in [-0.15, -0.1) is 40.6 Å². The van der Waals surface area contributed by atoms with E-state index in [2.05, 4.69) is 61.1 Å². The molecule has 0 bridgehead atoms. The number of hydrogen-bond donors (Lipinski definition) is 0. The SMILES string of the molecule is C=CC(C)(C)c1sc(-c2cc3c(OCC(CC)CCCC)c4sc(C(C)(C)CC)cc4c(OCC(CC)CCCC)c3s2)c2c1C(=O)N(c1c(F)c(F)c(F)c(F)c1F)C2=O. The Balaban J connectivity index is 1.64. The van der Waals surface area contributed by atoms with E-state index >= 15 is 8.78 Å². The van der Waals surface area contributed by atoms with Gasteiger partial charge < -0.3 is 9.47 Å². The van der Waals surface area contributed by atoms with Gasteiger partial charge >= 0.3 is 0 Å². The number of carbonyl (C=O) groups is 2. The fraction of sp³-hybridized carbons (Fsp3) is 0.500. The third kappa shape index (κ3) is 8.40. The van der Waals surface area contributed by atoms with Crippen molar-refractivity contribution in [3.8, 4) is 21.3 Å². The predicted molar refractivity (Wildman–Crippen MR) is 242 cm³/mol. The topological polar surface area (TPSA) is 55.8 Å². The van der Waals surface area contributed by atoms with Crippen molar-refractivity contribution in [3.05, 3.63) is 74.8 Å². The molecule has 0 aliphatic carbocycles. The van der Waals surface area contributed by atoms with E-state index in [0.717, 1.165) is 78.0 Å². The molecule has 1 aliphatic heterocycles. The molecule has 330 valence electrons. The van der Waals surface area contributed by atoms with Crippen molar-refractivity contribution in [2.75, 3.05) is 18.1 Å². The third-order valence-corrected chi connectivity index (χ3v) is 16.7.